The van der Waals surface area contributed by atoms with Gasteiger partial charge in [-0.15, -0.1) is 12.8 Å². The molecule has 4 heteroatoms. The summed E-state index contributed by atoms with van der Waals surface area (Å²) in [6, 6.07) is 15.3. The van der Waals surface area contributed by atoms with Gasteiger partial charge >= 0.3 is 0 Å². The molecule has 0 saturated heterocycles. The predicted molar refractivity (Wildman–Crippen MR) is 111 cm³/mol. The number of terminal acetylenes is 1. The minimum atomic E-state index is -0.136. The van der Waals surface area contributed by atoms with Crippen LogP contribution >= 0.6 is 0 Å². The molecule has 0 spiro atoms. The lowest BCUT2D eigenvalue weighted by Gasteiger charge is -2.08. The van der Waals surface area contributed by atoms with Crippen molar-refractivity contribution in [3.8, 4) is 24.0 Å². The van der Waals surface area contributed by atoms with Gasteiger partial charge in [-0.1, -0.05) is 50.2 Å². The molecule has 3 N–H and O–H groups in total. The van der Waals surface area contributed by atoms with E-state index < -0.39 is 0 Å². The van der Waals surface area contributed by atoms with Gasteiger partial charge in [0, 0.05) is 17.5 Å². The van der Waals surface area contributed by atoms with Crippen LogP contribution in [0.3, 0.4) is 0 Å². The Balaban J connectivity index is 0.000000244. The fourth-order valence-corrected chi connectivity index (χ4v) is 3.07. The fraction of sp³-hybridized carbons (Fsp3) is 0.261. The van der Waals surface area contributed by atoms with Crippen LogP contribution in [-0.4, -0.2) is 9.97 Å². The second-order valence-electron chi connectivity index (χ2n) is 7.30. The maximum absolute atomic E-state index is 13.9. The van der Waals surface area contributed by atoms with E-state index in [1.165, 1.54) is 12.0 Å². The van der Waals surface area contributed by atoms with Crippen LogP contribution in [0.25, 0.3) is 11.1 Å². The number of halogens is 1. The van der Waals surface area contributed by atoms with Gasteiger partial charge in [0.05, 0.1) is 0 Å². The van der Waals surface area contributed by atoms with Gasteiger partial charge in [0.25, 0.3) is 0 Å². The van der Waals surface area contributed by atoms with Crippen LogP contribution in [0, 0.1) is 31.0 Å². The topological polar surface area (TPSA) is 54.7 Å². The number of hydrogen-bond donors (Lipinski definition) is 2. The number of aryl methyl sites for hydroxylation is 1. The van der Waals surface area contributed by atoms with Crippen molar-refractivity contribution in [3.05, 3.63) is 71.8 Å². The number of rotatable bonds is 2. The summed E-state index contributed by atoms with van der Waals surface area (Å²) in [4.78, 5) is 6.54. The summed E-state index contributed by atoms with van der Waals surface area (Å²) in [7, 11) is 0. The Morgan fingerprint density at radius 3 is 2.22 bits per heavy atom. The molecular weight excluding hydrogens is 337 g/mol. The summed E-state index contributed by atoms with van der Waals surface area (Å²) in [5.74, 6) is 0.932. The van der Waals surface area contributed by atoms with Crippen molar-refractivity contribution in [1.82, 2.24) is 9.97 Å². The second kappa shape index (κ2) is 8.55. The van der Waals surface area contributed by atoms with Crippen LogP contribution < -0.4 is 5.73 Å². The molecule has 1 aromatic heterocycles. The molecule has 1 saturated carbocycles. The quantitative estimate of drug-likeness (QED) is 0.586. The van der Waals surface area contributed by atoms with Gasteiger partial charge in [0.15, 0.2) is 5.95 Å². The van der Waals surface area contributed by atoms with Crippen LogP contribution in [0.2, 0.25) is 0 Å². The lowest BCUT2D eigenvalue weighted by Crippen LogP contribution is -1.92. The van der Waals surface area contributed by atoms with E-state index in [1.807, 2.05) is 49.4 Å². The Hall–Kier alpha value is -3.06. The maximum atomic E-state index is 13.9. The third kappa shape index (κ3) is 5.21. The molecule has 1 fully saturated rings. The Labute approximate surface area is 160 Å². The molecule has 1 aliphatic rings. The Kier molecular flexibility index (Phi) is 6.41. The first-order valence-electron chi connectivity index (χ1n) is 8.82. The zero-order chi connectivity index (χ0) is 20.0. The summed E-state index contributed by atoms with van der Waals surface area (Å²) >= 11 is 0. The van der Waals surface area contributed by atoms with Gasteiger partial charge in [0.1, 0.15) is 5.82 Å². The summed E-state index contributed by atoms with van der Waals surface area (Å²) in [5, 5.41) is 0. The minimum Gasteiger partial charge on any atom is -0.369 e. The van der Waals surface area contributed by atoms with E-state index in [0.717, 1.165) is 16.8 Å². The average Bonchev–Trinajstić information content (AvgIpc) is 3.14. The fourth-order valence-electron chi connectivity index (χ4n) is 3.07. The van der Waals surface area contributed by atoms with Crippen molar-refractivity contribution in [2.75, 3.05) is 5.73 Å². The summed E-state index contributed by atoms with van der Waals surface area (Å²) in [6.45, 7) is 6.44. The zero-order valence-corrected chi connectivity index (χ0v) is 16.0. The number of nitrogens with one attached hydrogen (secondary N) is 1. The van der Waals surface area contributed by atoms with E-state index in [9.17, 15) is 4.39 Å². The highest BCUT2D eigenvalue weighted by Gasteiger charge is 2.46. The standard InChI is InChI=1S/C17H17F.C4H7N3.C2H2/c1-17(2)11-15(17)13-8-9-16(18)14(10-13)12-6-4-3-5-7-12;1-3-2-6-4(5)7-3;1-2/h3-10,15H,11H2,1-2H3;2H,1H3,(H3,5,6,7);1-2H/t15-;;/m0../s1. The van der Waals surface area contributed by atoms with Crippen LogP contribution in [0.15, 0.2) is 54.7 Å². The van der Waals surface area contributed by atoms with Crippen LogP contribution in [0.4, 0.5) is 10.3 Å². The van der Waals surface area contributed by atoms with Crippen LogP contribution in [-0.2, 0) is 0 Å². The molecule has 1 aliphatic carbocycles. The summed E-state index contributed by atoms with van der Waals surface area (Å²) < 4.78 is 13.9. The molecule has 0 radical (unpaired) electrons. The number of aromatic amines is 1. The molecule has 1 heterocycles. The molecule has 1 atom stereocenters. The third-order valence-corrected chi connectivity index (χ3v) is 4.71. The lowest BCUT2D eigenvalue weighted by atomic mass is 9.97. The number of nitrogens with two attached hydrogens (primary N) is 1. The first-order chi connectivity index (χ1) is 12.9. The van der Waals surface area contributed by atoms with Gasteiger partial charge in [0.2, 0.25) is 0 Å². The highest BCUT2D eigenvalue weighted by molar-refractivity contribution is 5.65. The number of nitrogens with zero attached hydrogens (tertiary/aromatic N) is 1. The molecule has 3 nitrogen and oxygen atoms in total. The first kappa shape index (κ1) is 20.3. The minimum absolute atomic E-state index is 0.136. The Morgan fingerprint density at radius 2 is 1.78 bits per heavy atom. The largest absolute Gasteiger partial charge is 0.369 e. The molecule has 140 valence electrons. The number of hydrogen-bond acceptors (Lipinski definition) is 2. The van der Waals surface area contributed by atoms with E-state index in [1.54, 1.807) is 12.3 Å². The van der Waals surface area contributed by atoms with E-state index >= 15 is 0 Å². The van der Waals surface area contributed by atoms with Gasteiger partial charge in [-0.3, -0.25) is 0 Å². The van der Waals surface area contributed by atoms with Crippen LogP contribution in [0.1, 0.15) is 37.4 Å². The van der Waals surface area contributed by atoms with Crippen molar-refractivity contribution in [3.63, 3.8) is 0 Å². The average molecular weight is 363 g/mol. The molecule has 3 aromatic rings. The van der Waals surface area contributed by atoms with Crippen molar-refractivity contribution < 1.29 is 4.39 Å². The molecule has 2 aromatic carbocycles. The summed E-state index contributed by atoms with van der Waals surface area (Å²) in [5.41, 5.74) is 9.53. The van der Waals surface area contributed by atoms with Gasteiger partial charge in [-0.25, -0.2) is 9.37 Å². The molecule has 27 heavy (non-hydrogen) atoms. The number of H-pyrrole nitrogens is 1. The third-order valence-electron chi connectivity index (χ3n) is 4.71. The molecule has 0 amide bonds. The first-order valence-corrected chi connectivity index (χ1v) is 8.82. The smallest absolute Gasteiger partial charge is 0.197 e. The van der Waals surface area contributed by atoms with E-state index in [4.69, 9.17) is 5.73 Å². The van der Waals surface area contributed by atoms with E-state index in [-0.39, 0.29) is 5.82 Å². The van der Waals surface area contributed by atoms with Gasteiger partial charge in [-0.05, 0) is 47.9 Å². The highest BCUT2D eigenvalue weighted by Crippen LogP contribution is 2.58. The number of aromatic nitrogens is 2. The molecule has 4 rings (SSSR count). The monoisotopic (exact) mass is 363 g/mol. The van der Waals surface area contributed by atoms with Crippen molar-refractivity contribution >= 4 is 5.95 Å². The van der Waals surface area contributed by atoms with Crippen molar-refractivity contribution in [2.24, 2.45) is 5.41 Å². The van der Waals surface area contributed by atoms with Crippen molar-refractivity contribution in [1.29, 1.82) is 0 Å². The van der Waals surface area contributed by atoms with Gasteiger partial charge < -0.3 is 10.7 Å². The van der Waals surface area contributed by atoms with Crippen LogP contribution in [0.5, 0.6) is 0 Å². The second-order valence-corrected chi connectivity index (χ2v) is 7.30. The molecule has 0 aliphatic heterocycles. The number of benzene rings is 2. The molecule has 0 unspecified atom stereocenters. The van der Waals surface area contributed by atoms with E-state index in [0.29, 0.717) is 17.3 Å². The van der Waals surface area contributed by atoms with Gasteiger partial charge in [-0.2, -0.15) is 0 Å². The SMILES string of the molecule is C#C.CC1(C)C[C@H]1c1ccc(F)c(-c2ccccc2)c1.Cc1cnc(N)[nH]1. The Morgan fingerprint density at radius 1 is 1.15 bits per heavy atom. The predicted octanol–water partition coefficient (Wildman–Crippen LogP) is 5.56. The maximum Gasteiger partial charge on any atom is 0.197 e. The highest BCUT2D eigenvalue weighted by atomic mass is 19.1. The normalized spacial score (nSPS) is 16.3. The molecule has 0 bridgehead atoms. The lowest BCUT2D eigenvalue weighted by molar-refractivity contribution is 0.616. The number of imidazole rings is 1. The zero-order valence-electron chi connectivity index (χ0n) is 16.0. The van der Waals surface area contributed by atoms with E-state index in [2.05, 4.69) is 36.7 Å². The number of anilines is 1. The molecular formula is C23H26FN3. The van der Waals surface area contributed by atoms with Crippen molar-refractivity contribution in [2.45, 2.75) is 33.1 Å². The summed E-state index contributed by atoms with van der Waals surface area (Å²) in [6.07, 6.45) is 10.9. The number of nitrogen functional groups attached to an aromatic ring is 1. The Bertz CT molecular complexity index is 878.